The minimum absolute atomic E-state index is 0.350. The van der Waals surface area contributed by atoms with Crippen LogP contribution < -0.4 is 5.32 Å². The fourth-order valence-corrected chi connectivity index (χ4v) is 4.81. The molecule has 2 aromatic heterocycles. The van der Waals surface area contributed by atoms with Crippen molar-refractivity contribution in [3.63, 3.8) is 0 Å². The number of nitrogens with one attached hydrogen (secondary N) is 1. The lowest BCUT2D eigenvalue weighted by molar-refractivity contribution is 0.419. The van der Waals surface area contributed by atoms with Crippen LogP contribution >= 0.6 is 27.3 Å². The highest BCUT2D eigenvalue weighted by atomic mass is 79.9. The third-order valence-electron chi connectivity index (χ3n) is 3.88. The minimum Gasteiger partial charge on any atom is -0.312 e. The minimum atomic E-state index is 0.350. The molecule has 2 heterocycles. The van der Waals surface area contributed by atoms with E-state index in [2.05, 4.69) is 49.8 Å². The summed E-state index contributed by atoms with van der Waals surface area (Å²) in [7, 11) is 2.05. The van der Waals surface area contributed by atoms with Crippen LogP contribution in [0.2, 0.25) is 0 Å². The van der Waals surface area contributed by atoms with Gasteiger partial charge < -0.3 is 5.32 Å². The third-order valence-corrected chi connectivity index (χ3v) is 5.83. The van der Waals surface area contributed by atoms with Gasteiger partial charge in [-0.2, -0.15) is 0 Å². The predicted octanol–water partition coefficient (Wildman–Crippen LogP) is 4.29. The second-order valence-corrected chi connectivity index (χ2v) is 6.75. The summed E-state index contributed by atoms with van der Waals surface area (Å²) in [5.74, 6) is 0.477. The Kier molecular flexibility index (Phi) is 4.01. The van der Waals surface area contributed by atoms with Crippen molar-refractivity contribution >= 4 is 27.3 Å². The summed E-state index contributed by atoms with van der Waals surface area (Å²) in [4.78, 5) is 6.04. The number of thiophene rings is 1. The Hall–Kier alpha value is -0.710. The SMILES string of the molecule is CNC(c1sccc1Br)C1CCCc2cccnc21. The lowest BCUT2D eigenvalue weighted by Crippen LogP contribution is -2.27. The average Bonchev–Trinajstić information content (AvgIpc) is 2.86. The summed E-state index contributed by atoms with van der Waals surface area (Å²) in [6.45, 7) is 0. The molecule has 0 saturated carbocycles. The zero-order valence-corrected chi connectivity index (χ0v) is 13.3. The highest BCUT2D eigenvalue weighted by molar-refractivity contribution is 9.10. The number of hydrogen-bond acceptors (Lipinski definition) is 3. The maximum atomic E-state index is 4.66. The predicted molar refractivity (Wildman–Crippen MR) is 83.7 cm³/mol. The maximum absolute atomic E-state index is 4.66. The molecule has 1 N–H and O–H groups in total. The van der Waals surface area contributed by atoms with Crippen molar-refractivity contribution in [1.29, 1.82) is 0 Å². The van der Waals surface area contributed by atoms with E-state index in [4.69, 9.17) is 0 Å². The molecular formula is C15H17BrN2S. The lowest BCUT2D eigenvalue weighted by Gasteiger charge is -2.31. The van der Waals surface area contributed by atoms with E-state index in [1.54, 1.807) is 0 Å². The van der Waals surface area contributed by atoms with Crippen LogP contribution in [0.5, 0.6) is 0 Å². The van der Waals surface area contributed by atoms with Crippen LogP contribution in [0.15, 0.2) is 34.2 Å². The highest BCUT2D eigenvalue weighted by Crippen LogP contribution is 2.42. The first-order chi connectivity index (χ1) is 9.31. The first kappa shape index (κ1) is 13.3. The van der Waals surface area contributed by atoms with E-state index in [1.165, 1.54) is 39.9 Å². The molecule has 19 heavy (non-hydrogen) atoms. The fraction of sp³-hybridized carbons (Fsp3) is 0.400. The van der Waals surface area contributed by atoms with Crippen molar-refractivity contribution in [2.75, 3.05) is 7.05 Å². The molecule has 2 aromatic rings. The van der Waals surface area contributed by atoms with E-state index in [0.29, 0.717) is 12.0 Å². The molecule has 2 nitrogen and oxygen atoms in total. The molecule has 0 aromatic carbocycles. The number of likely N-dealkylation sites (N-methyl/N-ethyl adjacent to an activating group) is 1. The third kappa shape index (κ3) is 2.49. The number of aryl methyl sites for hydroxylation is 1. The molecule has 1 aliphatic carbocycles. The Morgan fingerprint density at radius 2 is 2.37 bits per heavy atom. The molecule has 0 saturated heterocycles. The molecule has 2 atom stereocenters. The van der Waals surface area contributed by atoms with E-state index in [0.717, 1.165) is 0 Å². The van der Waals surface area contributed by atoms with Crippen molar-refractivity contribution in [3.05, 3.63) is 50.4 Å². The van der Waals surface area contributed by atoms with Crippen molar-refractivity contribution in [2.45, 2.75) is 31.2 Å². The van der Waals surface area contributed by atoms with E-state index in [9.17, 15) is 0 Å². The second-order valence-electron chi connectivity index (χ2n) is 4.95. The summed E-state index contributed by atoms with van der Waals surface area (Å²) in [5.41, 5.74) is 2.71. The van der Waals surface area contributed by atoms with Gasteiger partial charge in [0.15, 0.2) is 0 Å². The van der Waals surface area contributed by atoms with Crippen LogP contribution in [0.25, 0.3) is 0 Å². The maximum Gasteiger partial charge on any atom is 0.0508 e. The van der Waals surface area contributed by atoms with Gasteiger partial charge >= 0.3 is 0 Å². The van der Waals surface area contributed by atoms with Gasteiger partial charge in [0.2, 0.25) is 0 Å². The second kappa shape index (κ2) is 5.73. The van der Waals surface area contributed by atoms with Crippen molar-refractivity contribution < 1.29 is 0 Å². The first-order valence-corrected chi connectivity index (χ1v) is 8.32. The first-order valence-electron chi connectivity index (χ1n) is 6.65. The Labute approximate surface area is 126 Å². The van der Waals surface area contributed by atoms with Gasteiger partial charge in [0.25, 0.3) is 0 Å². The van der Waals surface area contributed by atoms with Gasteiger partial charge in [-0.3, -0.25) is 4.98 Å². The Balaban J connectivity index is 2.00. The Morgan fingerprint density at radius 1 is 1.47 bits per heavy atom. The molecule has 0 bridgehead atoms. The Morgan fingerprint density at radius 3 is 3.11 bits per heavy atom. The smallest absolute Gasteiger partial charge is 0.0508 e. The van der Waals surface area contributed by atoms with E-state index < -0.39 is 0 Å². The molecule has 4 heteroatoms. The zero-order chi connectivity index (χ0) is 13.2. The zero-order valence-electron chi connectivity index (χ0n) is 10.9. The lowest BCUT2D eigenvalue weighted by atomic mass is 9.81. The normalized spacial score (nSPS) is 20.0. The highest BCUT2D eigenvalue weighted by Gasteiger charge is 2.30. The number of aromatic nitrogens is 1. The molecule has 3 rings (SSSR count). The van der Waals surface area contributed by atoms with Gasteiger partial charge in [-0.25, -0.2) is 0 Å². The number of fused-ring (bicyclic) bond motifs is 1. The molecule has 0 spiro atoms. The van der Waals surface area contributed by atoms with Crippen molar-refractivity contribution in [1.82, 2.24) is 10.3 Å². The molecule has 100 valence electrons. The summed E-state index contributed by atoms with van der Waals surface area (Å²) < 4.78 is 1.21. The Bertz CT molecular complexity index is 567. The molecule has 0 fully saturated rings. The van der Waals surface area contributed by atoms with Gasteiger partial charge in [-0.15, -0.1) is 11.3 Å². The monoisotopic (exact) mass is 336 g/mol. The van der Waals surface area contributed by atoms with E-state index in [1.807, 2.05) is 24.6 Å². The number of nitrogens with zero attached hydrogens (tertiary/aromatic N) is 1. The van der Waals surface area contributed by atoms with Gasteiger partial charge in [0.1, 0.15) is 0 Å². The van der Waals surface area contributed by atoms with Crippen LogP contribution in [0.4, 0.5) is 0 Å². The van der Waals surface area contributed by atoms with Crippen LogP contribution in [-0.4, -0.2) is 12.0 Å². The number of pyridine rings is 1. The van der Waals surface area contributed by atoms with Crippen LogP contribution in [-0.2, 0) is 6.42 Å². The van der Waals surface area contributed by atoms with E-state index in [-0.39, 0.29) is 0 Å². The van der Waals surface area contributed by atoms with Crippen LogP contribution in [0.3, 0.4) is 0 Å². The standard InChI is InChI=1S/C15H17BrN2S/c1-17-14(15-12(16)7-9-19-15)11-6-2-4-10-5-3-8-18-13(10)11/h3,5,7-9,11,14,17H,2,4,6H2,1H3. The van der Waals surface area contributed by atoms with Gasteiger partial charge in [0.05, 0.1) is 6.04 Å². The van der Waals surface area contributed by atoms with Gasteiger partial charge in [-0.05, 0) is 65.3 Å². The topological polar surface area (TPSA) is 24.9 Å². The fourth-order valence-electron chi connectivity index (χ4n) is 3.01. The summed E-state index contributed by atoms with van der Waals surface area (Å²) in [6, 6.07) is 6.76. The van der Waals surface area contributed by atoms with Gasteiger partial charge in [0, 0.05) is 27.2 Å². The number of halogens is 1. The quantitative estimate of drug-likeness (QED) is 0.904. The molecule has 2 unspecified atom stereocenters. The molecule has 0 amide bonds. The van der Waals surface area contributed by atoms with Crippen LogP contribution in [0.1, 0.15) is 40.9 Å². The molecule has 1 aliphatic rings. The summed E-state index contributed by atoms with van der Waals surface area (Å²) in [6.07, 6.45) is 5.56. The molecular weight excluding hydrogens is 320 g/mol. The van der Waals surface area contributed by atoms with E-state index >= 15 is 0 Å². The van der Waals surface area contributed by atoms with Crippen molar-refractivity contribution in [2.24, 2.45) is 0 Å². The summed E-state index contributed by atoms with van der Waals surface area (Å²) in [5, 5.41) is 5.64. The number of rotatable bonds is 3. The van der Waals surface area contributed by atoms with Crippen LogP contribution in [0, 0.1) is 0 Å². The van der Waals surface area contributed by atoms with Gasteiger partial charge in [-0.1, -0.05) is 6.07 Å². The average molecular weight is 337 g/mol. The number of hydrogen-bond donors (Lipinski definition) is 1. The van der Waals surface area contributed by atoms with Crippen molar-refractivity contribution in [3.8, 4) is 0 Å². The summed E-state index contributed by atoms with van der Waals surface area (Å²) >= 11 is 5.48. The molecule has 0 aliphatic heterocycles. The largest absolute Gasteiger partial charge is 0.312 e. The molecule has 0 radical (unpaired) electrons.